The van der Waals surface area contributed by atoms with Crippen LogP contribution >= 0.6 is 0 Å². The Bertz CT molecular complexity index is 280. The molecule has 2 aliphatic rings. The molecular formula is C12H23NO4. The monoisotopic (exact) mass is 245 g/mol. The van der Waals surface area contributed by atoms with Gasteiger partial charge >= 0.3 is 0 Å². The second-order valence-electron chi connectivity index (χ2n) is 5.34. The Kier molecular flexibility index (Phi) is 3.49. The molecule has 2 rings (SSSR count). The van der Waals surface area contributed by atoms with Crippen LogP contribution in [-0.4, -0.2) is 50.0 Å². The minimum atomic E-state index is -1.15. The lowest BCUT2D eigenvalue weighted by Gasteiger charge is -2.48. The normalized spacial score (nSPS) is 39.9. The Balaban J connectivity index is 2.28. The quantitative estimate of drug-likeness (QED) is 0.679. The fourth-order valence-electron chi connectivity index (χ4n) is 3.54. The zero-order valence-electron chi connectivity index (χ0n) is 10.8. The zero-order chi connectivity index (χ0) is 12.7. The lowest BCUT2D eigenvalue weighted by molar-refractivity contribution is -0.257. The Morgan fingerprint density at radius 3 is 2.47 bits per heavy atom. The summed E-state index contributed by atoms with van der Waals surface area (Å²) in [6, 6.07) is 0. The first-order valence-electron chi connectivity index (χ1n) is 6.15. The molecule has 0 radical (unpaired) electrons. The third kappa shape index (κ3) is 1.72. The van der Waals surface area contributed by atoms with Gasteiger partial charge in [0.2, 0.25) is 0 Å². The fourth-order valence-corrected chi connectivity index (χ4v) is 3.54. The van der Waals surface area contributed by atoms with Crippen molar-refractivity contribution in [2.75, 3.05) is 20.8 Å². The molecule has 3 N–H and O–H groups in total. The summed E-state index contributed by atoms with van der Waals surface area (Å²) in [5.41, 5.74) is 4.32. The van der Waals surface area contributed by atoms with Crippen molar-refractivity contribution in [1.82, 2.24) is 0 Å². The molecule has 0 amide bonds. The van der Waals surface area contributed by atoms with Crippen molar-refractivity contribution in [2.24, 2.45) is 11.1 Å². The topological polar surface area (TPSA) is 73.9 Å². The molecule has 17 heavy (non-hydrogen) atoms. The molecule has 4 atom stereocenters. The first-order valence-corrected chi connectivity index (χ1v) is 6.15. The van der Waals surface area contributed by atoms with E-state index in [9.17, 15) is 5.11 Å². The lowest BCUT2D eigenvalue weighted by atomic mass is 9.63. The van der Waals surface area contributed by atoms with Crippen molar-refractivity contribution in [3.63, 3.8) is 0 Å². The lowest BCUT2D eigenvalue weighted by Crippen LogP contribution is -2.62. The second kappa shape index (κ2) is 4.48. The summed E-state index contributed by atoms with van der Waals surface area (Å²) in [4.78, 5) is 0. The van der Waals surface area contributed by atoms with Gasteiger partial charge in [-0.3, -0.25) is 0 Å². The summed E-state index contributed by atoms with van der Waals surface area (Å²) in [5.74, 6) is 0. The first-order chi connectivity index (χ1) is 8.01. The van der Waals surface area contributed by atoms with Gasteiger partial charge in [-0.15, -0.1) is 0 Å². The molecule has 2 fully saturated rings. The van der Waals surface area contributed by atoms with Gasteiger partial charge in [-0.1, -0.05) is 0 Å². The predicted octanol–water partition coefficient (Wildman–Crippen LogP) is 0.253. The minimum Gasteiger partial charge on any atom is -0.384 e. The van der Waals surface area contributed by atoms with E-state index in [0.717, 1.165) is 19.3 Å². The van der Waals surface area contributed by atoms with Crippen LogP contribution in [-0.2, 0) is 14.2 Å². The van der Waals surface area contributed by atoms with Crippen molar-refractivity contribution in [2.45, 2.75) is 50.3 Å². The molecule has 2 saturated heterocycles. The number of rotatable bonds is 5. The molecule has 5 nitrogen and oxygen atoms in total. The molecule has 5 heteroatoms. The molecule has 0 spiro atoms. The van der Waals surface area contributed by atoms with E-state index < -0.39 is 17.3 Å². The van der Waals surface area contributed by atoms with Crippen molar-refractivity contribution in [3.05, 3.63) is 0 Å². The summed E-state index contributed by atoms with van der Waals surface area (Å²) < 4.78 is 16.3. The average molecular weight is 245 g/mol. The summed E-state index contributed by atoms with van der Waals surface area (Å²) in [7, 11) is 3.06. The van der Waals surface area contributed by atoms with Crippen molar-refractivity contribution >= 4 is 0 Å². The van der Waals surface area contributed by atoms with Crippen molar-refractivity contribution in [3.8, 4) is 0 Å². The number of nitrogens with two attached hydrogens (primary N) is 1. The molecule has 0 saturated carbocycles. The van der Waals surface area contributed by atoms with Gasteiger partial charge in [0, 0.05) is 26.2 Å². The van der Waals surface area contributed by atoms with Crippen LogP contribution in [0.4, 0.5) is 0 Å². The largest absolute Gasteiger partial charge is 0.384 e. The molecule has 0 aliphatic carbocycles. The van der Waals surface area contributed by atoms with Gasteiger partial charge in [0.05, 0.1) is 12.2 Å². The molecule has 2 aliphatic heterocycles. The smallest absolute Gasteiger partial charge is 0.186 e. The van der Waals surface area contributed by atoms with E-state index in [-0.39, 0.29) is 12.2 Å². The van der Waals surface area contributed by atoms with Crippen LogP contribution in [0.1, 0.15) is 26.2 Å². The van der Waals surface area contributed by atoms with Crippen LogP contribution in [0.15, 0.2) is 0 Å². The summed E-state index contributed by atoms with van der Waals surface area (Å²) in [5, 5.41) is 10.8. The van der Waals surface area contributed by atoms with E-state index in [1.165, 1.54) is 14.2 Å². The number of hydrogen-bond acceptors (Lipinski definition) is 5. The Morgan fingerprint density at radius 1 is 1.47 bits per heavy atom. The summed E-state index contributed by atoms with van der Waals surface area (Å²) in [6.45, 7) is 2.12. The summed E-state index contributed by atoms with van der Waals surface area (Å²) in [6.07, 6.45) is 2.36. The van der Waals surface area contributed by atoms with Gasteiger partial charge in [0.25, 0.3) is 0 Å². The van der Waals surface area contributed by atoms with Crippen LogP contribution in [0.2, 0.25) is 0 Å². The van der Waals surface area contributed by atoms with Gasteiger partial charge in [-0.2, -0.15) is 0 Å². The SMILES string of the molecule is COC(OC)C(C)(O)C1(CN)CC2CCC1O2. The van der Waals surface area contributed by atoms with Crippen molar-refractivity contribution in [1.29, 1.82) is 0 Å². The zero-order valence-corrected chi connectivity index (χ0v) is 10.8. The maximum atomic E-state index is 10.8. The summed E-state index contributed by atoms with van der Waals surface area (Å²) >= 11 is 0. The maximum absolute atomic E-state index is 10.8. The highest BCUT2D eigenvalue weighted by Crippen LogP contribution is 2.54. The van der Waals surface area contributed by atoms with Gasteiger partial charge in [0.1, 0.15) is 5.60 Å². The van der Waals surface area contributed by atoms with Gasteiger partial charge < -0.3 is 25.1 Å². The molecule has 0 aromatic carbocycles. The Labute approximate surface area is 102 Å². The van der Waals surface area contributed by atoms with Gasteiger partial charge in [-0.05, 0) is 26.2 Å². The van der Waals surface area contributed by atoms with Gasteiger partial charge in [-0.25, -0.2) is 0 Å². The van der Waals surface area contributed by atoms with E-state index in [4.69, 9.17) is 19.9 Å². The fraction of sp³-hybridized carbons (Fsp3) is 1.00. The molecule has 0 aromatic rings. The Morgan fingerprint density at radius 2 is 2.12 bits per heavy atom. The number of hydrogen-bond donors (Lipinski definition) is 2. The van der Waals surface area contributed by atoms with Crippen LogP contribution in [0.5, 0.6) is 0 Å². The molecular weight excluding hydrogens is 222 g/mol. The molecule has 2 heterocycles. The molecule has 2 bridgehead atoms. The maximum Gasteiger partial charge on any atom is 0.186 e. The van der Waals surface area contributed by atoms with Crippen LogP contribution in [0.25, 0.3) is 0 Å². The van der Waals surface area contributed by atoms with Crippen LogP contribution in [0.3, 0.4) is 0 Å². The van der Waals surface area contributed by atoms with Crippen LogP contribution in [0, 0.1) is 5.41 Å². The average Bonchev–Trinajstić information content (AvgIpc) is 2.90. The number of ether oxygens (including phenoxy) is 3. The number of aliphatic hydroxyl groups is 1. The standard InChI is InChI=1S/C12H23NO4/c1-11(14,10(15-2)16-3)12(7-13)6-8-4-5-9(12)17-8/h8-10,14H,4-7,13H2,1-3H3. The third-order valence-corrected chi connectivity index (χ3v) is 4.58. The predicted molar refractivity (Wildman–Crippen MR) is 62.4 cm³/mol. The first kappa shape index (κ1) is 13.2. The van der Waals surface area contributed by atoms with Crippen molar-refractivity contribution < 1.29 is 19.3 Å². The highest BCUT2D eigenvalue weighted by atomic mass is 16.7. The van der Waals surface area contributed by atoms with E-state index >= 15 is 0 Å². The highest BCUT2D eigenvalue weighted by Gasteiger charge is 2.63. The Hall–Kier alpha value is -0.200. The minimum absolute atomic E-state index is 0.0142. The van der Waals surface area contributed by atoms with Gasteiger partial charge in [0.15, 0.2) is 6.29 Å². The molecule has 4 unspecified atom stereocenters. The third-order valence-electron chi connectivity index (χ3n) is 4.58. The van der Waals surface area contributed by atoms with E-state index in [1.807, 2.05) is 0 Å². The highest BCUT2D eigenvalue weighted by molar-refractivity contribution is 5.11. The second-order valence-corrected chi connectivity index (χ2v) is 5.34. The number of fused-ring (bicyclic) bond motifs is 2. The molecule has 0 aromatic heterocycles. The molecule has 100 valence electrons. The van der Waals surface area contributed by atoms with E-state index in [1.54, 1.807) is 6.92 Å². The van der Waals surface area contributed by atoms with E-state index in [0.29, 0.717) is 6.54 Å². The number of methoxy groups -OCH3 is 2. The van der Waals surface area contributed by atoms with Crippen LogP contribution < -0.4 is 5.73 Å². The van der Waals surface area contributed by atoms with E-state index in [2.05, 4.69) is 0 Å².